The summed E-state index contributed by atoms with van der Waals surface area (Å²) >= 11 is 0. The lowest BCUT2D eigenvalue weighted by molar-refractivity contribution is 0.339. The van der Waals surface area contributed by atoms with Gasteiger partial charge in [-0.25, -0.2) is 0 Å². The largest absolute Gasteiger partial charge is 0.459 e. The molecule has 92 valence electrons. The summed E-state index contributed by atoms with van der Waals surface area (Å²) in [5.74, 6) is 1.11. The summed E-state index contributed by atoms with van der Waals surface area (Å²) in [4.78, 5) is 0. The molecule has 0 heterocycles. The van der Waals surface area contributed by atoms with Gasteiger partial charge in [-0.3, -0.25) is 0 Å². The van der Waals surface area contributed by atoms with Gasteiger partial charge in [0, 0.05) is 0 Å². The van der Waals surface area contributed by atoms with Crippen molar-refractivity contribution in [3.8, 4) is 0 Å². The van der Waals surface area contributed by atoms with Crippen LogP contribution in [0.1, 0.15) is 27.7 Å². The zero-order chi connectivity index (χ0) is 13.6. The van der Waals surface area contributed by atoms with Crippen molar-refractivity contribution in [2.24, 2.45) is 0 Å². The zero-order valence-electron chi connectivity index (χ0n) is 11.4. The van der Waals surface area contributed by atoms with E-state index in [1.165, 1.54) is 0 Å². The van der Waals surface area contributed by atoms with Crippen LogP contribution in [0.3, 0.4) is 0 Å². The molecule has 1 heteroatoms. The fourth-order valence-electron chi connectivity index (χ4n) is 0.957. The van der Waals surface area contributed by atoms with E-state index in [1.807, 2.05) is 39.8 Å². The van der Waals surface area contributed by atoms with Gasteiger partial charge in [0.25, 0.3) is 0 Å². The molecule has 1 nitrogen and oxygen atoms in total. The third-order valence-corrected chi connectivity index (χ3v) is 2.36. The molecule has 0 saturated heterocycles. The summed E-state index contributed by atoms with van der Waals surface area (Å²) in [6.45, 7) is 23.2. The summed E-state index contributed by atoms with van der Waals surface area (Å²) < 4.78 is 5.47. The van der Waals surface area contributed by atoms with E-state index in [4.69, 9.17) is 4.74 Å². The molecule has 0 rings (SSSR count). The Bertz CT molecular complexity index is 377. The van der Waals surface area contributed by atoms with Crippen LogP contribution in [0.2, 0.25) is 0 Å². The maximum absolute atomic E-state index is 5.47. The molecule has 0 aromatic carbocycles. The Kier molecular flexibility index (Phi) is 6.05. The van der Waals surface area contributed by atoms with E-state index in [0.29, 0.717) is 11.5 Å². The molecule has 17 heavy (non-hydrogen) atoms. The maximum Gasteiger partial charge on any atom is 0.120 e. The highest BCUT2D eigenvalue weighted by molar-refractivity contribution is 5.32. The lowest BCUT2D eigenvalue weighted by Crippen LogP contribution is -1.89. The minimum absolute atomic E-state index is 0.557. The molecule has 0 aliphatic carbocycles. The van der Waals surface area contributed by atoms with Gasteiger partial charge in [-0.05, 0) is 51.0 Å². The van der Waals surface area contributed by atoms with Crippen molar-refractivity contribution in [3.05, 3.63) is 72.3 Å². The van der Waals surface area contributed by atoms with Crippen LogP contribution in [0, 0.1) is 0 Å². The molecule has 0 N–H and O–H groups in total. The summed E-state index contributed by atoms with van der Waals surface area (Å²) in [5.41, 5.74) is 4.08. The van der Waals surface area contributed by atoms with Gasteiger partial charge in [-0.15, -0.1) is 0 Å². The van der Waals surface area contributed by atoms with Crippen molar-refractivity contribution in [2.45, 2.75) is 27.7 Å². The van der Waals surface area contributed by atoms with Crippen molar-refractivity contribution in [3.63, 3.8) is 0 Å². The van der Waals surface area contributed by atoms with Crippen LogP contribution in [0.4, 0.5) is 0 Å². The van der Waals surface area contributed by atoms with E-state index >= 15 is 0 Å². The minimum Gasteiger partial charge on any atom is -0.459 e. The summed E-state index contributed by atoms with van der Waals surface area (Å²) in [6.07, 6.45) is 3.69. The highest BCUT2D eigenvalue weighted by atomic mass is 16.5. The highest BCUT2D eigenvalue weighted by Crippen LogP contribution is 2.15. The Morgan fingerprint density at radius 1 is 0.706 bits per heavy atom. The Hall–Kier alpha value is -1.76. The van der Waals surface area contributed by atoms with Crippen LogP contribution in [-0.2, 0) is 4.74 Å². The first-order chi connectivity index (χ1) is 7.73. The van der Waals surface area contributed by atoms with Gasteiger partial charge in [0.15, 0.2) is 0 Å². The van der Waals surface area contributed by atoms with Crippen molar-refractivity contribution < 1.29 is 4.74 Å². The van der Waals surface area contributed by atoms with Gasteiger partial charge in [0.05, 0.1) is 0 Å². The van der Waals surface area contributed by atoms with Gasteiger partial charge < -0.3 is 4.74 Å². The van der Waals surface area contributed by atoms with Gasteiger partial charge in [-0.2, -0.15) is 0 Å². The Labute approximate surface area is 105 Å². The molecule has 0 aliphatic heterocycles. The average molecular weight is 230 g/mol. The predicted molar refractivity (Wildman–Crippen MR) is 76.5 cm³/mol. The molecule has 0 atom stereocenters. The molecular formula is C16H22O. The maximum atomic E-state index is 5.47. The van der Waals surface area contributed by atoms with Gasteiger partial charge in [-0.1, -0.05) is 37.5 Å². The van der Waals surface area contributed by atoms with E-state index in [0.717, 1.165) is 22.3 Å². The van der Waals surface area contributed by atoms with Crippen LogP contribution < -0.4 is 0 Å². The normalized spacial score (nSPS) is 12.0. The summed E-state index contributed by atoms with van der Waals surface area (Å²) in [5, 5.41) is 0. The lowest BCUT2D eigenvalue weighted by Gasteiger charge is -2.08. The second-order valence-electron chi connectivity index (χ2n) is 4.25. The smallest absolute Gasteiger partial charge is 0.120 e. The zero-order valence-corrected chi connectivity index (χ0v) is 11.4. The summed E-state index contributed by atoms with van der Waals surface area (Å²) in [7, 11) is 0. The van der Waals surface area contributed by atoms with Gasteiger partial charge in [0.2, 0.25) is 0 Å². The third kappa shape index (κ3) is 6.41. The molecule has 0 saturated carbocycles. The molecular weight excluding hydrogens is 208 g/mol. The minimum atomic E-state index is 0.557. The second kappa shape index (κ2) is 6.74. The lowest BCUT2D eigenvalue weighted by atomic mass is 10.1. The highest BCUT2D eigenvalue weighted by Gasteiger charge is 1.98. The first kappa shape index (κ1) is 15.2. The van der Waals surface area contributed by atoms with Crippen LogP contribution in [0.15, 0.2) is 72.3 Å². The molecule has 0 aliphatic rings. The topological polar surface area (TPSA) is 9.23 Å². The molecule has 0 unspecified atom stereocenters. The van der Waals surface area contributed by atoms with Gasteiger partial charge >= 0.3 is 0 Å². The van der Waals surface area contributed by atoms with E-state index in [-0.39, 0.29) is 0 Å². The van der Waals surface area contributed by atoms with Crippen molar-refractivity contribution in [1.29, 1.82) is 0 Å². The molecule has 0 bridgehead atoms. The molecule has 0 amide bonds. The Morgan fingerprint density at radius 3 is 1.24 bits per heavy atom. The van der Waals surface area contributed by atoms with Crippen LogP contribution in [-0.4, -0.2) is 0 Å². The van der Waals surface area contributed by atoms with Crippen LogP contribution in [0.5, 0.6) is 0 Å². The Morgan fingerprint density at radius 2 is 1.00 bits per heavy atom. The van der Waals surface area contributed by atoms with Crippen LogP contribution in [0.25, 0.3) is 0 Å². The monoisotopic (exact) mass is 230 g/mol. The van der Waals surface area contributed by atoms with E-state index < -0.39 is 0 Å². The number of hydrogen-bond donors (Lipinski definition) is 0. The number of hydrogen-bond acceptors (Lipinski definition) is 1. The molecule has 0 spiro atoms. The SMILES string of the molecule is C=C(/C=C(/C)C(=C)C)OC(=C)/C=C(/C)C(=C)C. The second-order valence-corrected chi connectivity index (χ2v) is 4.25. The first-order valence-electron chi connectivity index (χ1n) is 5.48. The number of allylic oxidation sites excluding steroid dienone is 6. The van der Waals surface area contributed by atoms with E-state index in [9.17, 15) is 0 Å². The fourth-order valence-corrected chi connectivity index (χ4v) is 0.957. The standard InChI is InChI=1S/C16H22O/c1-11(2)13(5)9-15(7)17-16(8)10-14(6)12(3)4/h9-10H,1,3,7-8H2,2,4-6H3/b13-9-,14-10-. The van der Waals surface area contributed by atoms with Crippen molar-refractivity contribution in [1.82, 2.24) is 0 Å². The predicted octanol–water partition coefficient (Wildman–Crippen LogP) is 5.08. The molecule has 0 aromatic heterocycles. The number of ether oxygens (including phenoxy) is 1. The van der Waals surface area contributed by atoms with E-state index in [2.05, 4.69) is 26.3 Å². The van der Waals surface area contributed by atoms with Crippen LogP contribution >= 0.6 is 0 Å². The average Bonchev–Trinajstić information content (AvgIpc) is 2.16. The summed E-state index contributed by atoms with van der Waals surface area (Å²) in [6, 6.07) is 0. The molecule has 0 aromatic rings. The first-order valence-corrected chi connectivity index (χ1v) is 5.48. The Balaban J connectivity index is 4.58. The van der Waals surface area contributed by atoms with Crippen molar-refractivity contribution in [2.75, 3.05) is 0 Å². The quantitative estimate of drug-likeness (QED) is 0.457. The molecule has 0 radical (unpaired) electrons. The third-order valence-electron chi connectivity index (χ3n) is 2.36. The van der Waals surface area contributed by atoms with E-state index in [1.54, 1.807) is 0 Å². The molecule has 0 fully saturated rings. The van der Waals surface area contributed by atoms with Crippen molar-refractivity contribution >= 4 is 0 Å². The number of rotatable bonds is 6. The van der Waals surface area contributed by atoms with Gasteiger partial charge in [0.1, 0.15) is 11.5 Å². The fraction of sp³-hybridized carbons (Fsp3) is 0.250.